The molecule has 0 atom stereocenters. The molecule has 0 unspecified atom stereocenters. The molecule has 164 valence electrons. The van der Waals surface area contributed by atoms with E-state index in [4.69, 9.17) is 10.6 Å². The maximum Gasteiger partial charge on any atom is 0.234 e. The molecule has 0 aliphatic rings. The van der Waals surface area contributed by atoms with E-state index in [0.29, 0.717) is 11.0 Å². The number of amides is 1. The Labute approximate surface area is 187 Å². The number of anilines is 1. The molecule has 31 heavy (non-hydrogen) atoms. The molecule has 0 saturated carbocycles. The summed E-state index contributed by atoms with van der Waals surface area (Å²) in [6.45, 7) is 10.7. The van der Waals surface area contributed by atoms with E-state index >= 15 is 0 Å². The second-order valence-corrected chi connectivity index (χ2v) is 9.49. The van der Waals surface area contributed by atoms with Crippen molar-refractivity contribution in [2.24, 2.45) is 0 Å². The number of aryl methyl sites for hydroxylation is 2. The highest BCUT2D eigenvalue weighted by atomic mass is 32.2. The Morgan fingerprint density at radius 2 is 1.74 bits per heavy atom. The maximum absolute atomic E-state index is 12.3. The largest absolute Gasteiger partial charge is 0.486 e. The minimum atomic E-state index is -0.130. The van der Waals surface area contributed by atoms with E-state index in [2.05, 4.69) is 54.5 Å². The summed E-state index contributed by atoms with van der Waals surface area (Å²) >= 11 is 1.23. The molecule has 3 N–H and O–H groups in total. The lowest BCUT2D eigenvalue weighted by Gasteiger charge is -2.19. The Morgan fingerprint density at radius 1 is 1.10 bits per heavy atom. The zero-order valence-electron chi connectivity index (χ0n) is 18.6. The molecule has 0 saturated heterocycles. The van der Waals surface area contributed by atoms with E-state index in [9.17, 15) is 4.79 Å². The monoisotopic (exact) mass is 439 g/mol. The van der Waals surface area contributed by atoms with Crippen LogP contribution < -0.4 is 15.9 Å². The summed E-state index contributed by atoms with van der Waals surface area (Å²) in [7, 11) is 0. The average Bonchev–Trinajstić information content (AvgIpc) is 3.03. The van der Waals surface area contributed by atoms with Gasteiger partial charge in [0.1, 0.15) is 12.4 Å². The van der Waals surface area contributed by atoms with Gasteiger partial charge in [-0.15, -0.1) is 10.2 Å². The first-order valence-electron chi connectivity index (χ1n) is 10.1. The SMILES string of the molecule is Cc1cc(C)cc(NC(=O)CSc2nnc(COc3ccc(C(C)(C)C)cc3)n2N)c1. The standard InChI is InChI=1S/C23H29N5O2S/c1-15-10-16(2)12-18(11-15)25-21(29)14-31-22-27-26-20(28(22)24)13-30-19-8-6-17(7-9-19)23(3,4)5/h6-12H,13-14,24H2,1-5H3,(H,25,29). The minimum absolute atomic E-state index is 0.0898. The van der Waals surface area contributed by atoms with E-state index in [1.165, 1.54) is 22.0 Å². The van der Waals surface area contributed by atoms with Crippen molar-refractivity contribution < 1.29 is 9.53 Å². The minimum Gasteiger partial charge on any atom is -0.486 e. The Kier molecular flexibility index (Phi) is 6.90. The van der Waals surface area contributed by atoms with Gasteiger partial charge in [-0.2, -0.15) is 0 Å². The van der Waals surface area contributed by atoms with Gasteiger partial charge in [-0.3, -0.25) is 4.79 Å². The Morgan fingerprint density at radius 3 is 2.35 bits per heavy atom. The van der Waals surface area contributed by atoms with Crippen LogP contribution in [-0.2, 0) is 16.8 Å². The van der Waals surface area contributed by atoms with Crippen LogP contribution in [0.25, 0.3) is 0 Å². The number of benzene rings is 2. The summed E-state index contributed by atoms with van der Waals surface area (Å²) in [4.78, 5) is 12.3. The number of hydrogen-bond acceptors (Lipinski definition) is 6. The first kappa shape index (κ1) is 22.7. The third-order valence-electron chi connectivity index (χ3n) is 4.66. The van der Waals surface area contributed by atoms with Crippen LogP contribution in [0.2, 0.25) is 0 Å². The normalized spacial score (nSPS) is 11.4. The third kappa shape index (κ3) is 6.24. The van der Waals surface area contributed by atoms with Gasteiger partial charge in [-0.1, -0.05) is 50.7 Å². The molecule has 0 fully saturated rings. The highest BCUT2D eigenvalue weighted by Gasteiger charge is 2.15. The molecule has 1 heterocycles. The number of carbonyl (C=O) groups excluding carboxylic acids is 1. The van der Waals surface area contributed by atoms with Gasteiger partial charge >= 0.3 is 0 Å². The molecule has 2 aromatic carbocycles. The molecule has 0 spiro atoms. The van der Waals surface area contributed by atoms with Gasteiger partial charge in [0, 0.05) is 5.69 Å². The van der Waals surface area contributed by atoms with E-state index in [0.717, 1.165) is 22.6 Å². The topological polar surface area (TPSA) is 95.1 Å². The number of thioether (sulfide) groups is 1. The predicted molar refractivity (Wildman–Crippen MR) is 125 cm³/mol. The molecular formula is C23H29N5O2S. The lowest BCUT2D eigenvalue weighted by atomic mass is 9.87. The van der Waals surface area contributed by atoms with Crippen LogP contribution in [-0.4, -0.2) is 26.5 Å². The summed E-state index contributed by atoms with van der Waals surface area (Å²) in [5.41, 5.74) is 4.31. The molecule has 0 bridgehead atoms. The summed E-state index contributed by atoms with van der Waals surface area (Å²) in [6, 6.07) is 13.9. The molecule has 0 aliphatic heterocycles. The average molecular weight is 440 g/mol. The lowest BCUT2D eigenvalue weighted by Crippen LogP contribution is -2.18. The van der Waals surface area contributed by atoms with Gasteiger partial charge in [0.2, 0.25) is 11.1 Å². The van der Waals surface area contributed by atoms with Gasteiger partial charge in [0.25, 0.3) is 0 Å². The molecular weight excluding hydrogens is 410 g/mol. The number of carbonyl (C=O) groups is 1. The van der Waals surface area contributed by atoms with Crippen LogP contribution in [0.15, 0.2) is 47.6 Å². The zero-order valence-corrected chi connectivity index (χ0v) is 19.4. The Balaban J connectivity index is 1.53. The van der Waals surface area contributed by atoms with Crippen LogP contribution in [0.4, 0.5) is 5.69 Å². The van der Waals surface area contributed by atoms with E-state index < -0.39 is 0 Å². The van der Waals surface area contributed by atoms with Crippen molar-refractivity contribution in [1.82, 2.24) is 14.9 Å². The molecule has 1 aromatic heterocycles. The fraction of sp³-hybridized carbons (Fsp3) is 0.348. The fourth-order valence-electron chi connectivity index (χ4n) is 3.08. The van der Waals surface area contributed by atoms with Crippen molar-refractivity contribution in [3.05, 3.63) is 65.0 Å². The molecule has 0 aliphatic carbocycles. The van der Waals surface area contributed by atoms with Gasteiger partial charge in [-0.05, 0) is 60.2 Å². The smallest absolute Gasteiger partial charge is 0.234 e. The summed E-state index contributed by atoms with van der Waals surface area (Å²) < 4.78 is 7.15. The quantitative estimate of drug-likeness (QED) is 0.423. The maximum atomic E-state index is 12.3. The lowest BCUT2D eigenvalue weighted by molar-refractivity contribution is -0.113. The number of nitrogens with one attached hydrogen (secondary N) is 1. The van der Waals surface area contributed by atoms with Gasteiger partial charge in [0.05, 0.1) is 5.75 Å². The zero-order chi connectivity index (χ0) is 22.6. The van der Waals surface area contributed by atoms with Crippen LogP contribution in [0, 0.1) is 13.8 Å². The number of rotatable bonds is 7. The van der Waals surface area contributed by atoms with Gasteiger partial charge in [0.15, 0.2) is 5.82 Å². The summed E-state index contributed by atoms with van der Waals surface area (Å²) in [6.07, 6.45) is 0. The Bertz CT molecular complexity index is 1030. The van der Waals surface area contributed by atoms with Crippen molar-refractivity contribution in [2.75, 3.05) is 16.9 Å². The van der Waals surface area contributed by atoms with Crippen LogP contribution >= 0.6 is 11.8 Å². The molecule has 1 amide bonds. The van der Waals surface area contributed by atoms with Crippen molar-refractivity contribution in [2.45, 2.75) is 51.8 Å². The predicted octanol–water partition coefficient (Wildman–Crippen LogP) is 4.22. The number of nitrogens with zero attached hydrogens (tertiary/aromatic N) is 3. The van der Waals surface area contributed by atoms with Crippen molar-refractivity contribution in [3.8, 4) is 5.75 Å². The van der Waals surface area contributed by atoms with Crippen LogP contribution in [0.1, 0.15) is 43.3 Å². The number of hydrogen-bond donors (Lipinski definition) is 2. The third-order valence-corrected chi connectivity index (χ3v) is 5.60. The van der Waals surface area contributed by atoms with Crippen LogP contribution in [0.5, 0.6) is 5.75 Å². The van der Waals surface area contributed by atoms with Gasteiger partial charge in [-0.25, -0.2) is 4.68 Å². The van der Waals surface area contributed by atoms with Crippen LogP contribution in [0.3, 0.4) is 0 Å². The molecule has 3 aromatic rings. The Hall–Kier alpha value is -3.00. The number of aromatic nitrogens is 3. The van der Waals surface area contributed by atoms with Crippen molar-refractivity contribution in [3.63, 3.8) is 0 Å². The highest BCUT2D eigenvalue weighted by molar-refractivity contribution is 7.99. The van der Waals surface area contributed by atoms with E-state index in [1.54, 1.807) is 0 Å². The van der Waals surface area contributed by atoms with E-state index in [-0.39, 0.29) is 23.7 Å². The summed E-state index contributed by atoms with van der Waals surface area (Å²) in [5, 5.41) is 11.5. The molecule has 3 rings (SSSR count). The number of nitrogens with two attached hydrogens (primary N) is 1. The second-order valence-electron chi connectivity index (χ2n) is 8.55. The first-order valence-corrected chi connectivity index (χ1v) is 11.0. The second kappa shape index (κ2) is 9.43. The highest BCUT2D eigenvalue weighted by Crippen LogP contribution is 2.25. The van der Waals surface area contributed by atoms with Crippen molar-refractivity contribution in [1.29, 1.82) is 0 Å². The van der Waals surface area contributed by atoms with Crippen molar-refractivity contribution >= 4 is 23.4 Å². The van der Waals surface area contributed by atoms with E-state index in [1.807, 2.05) is 38.1 Å². The molecule has 7 nitrogen and oxygen atoms in total. The summed E-state index contributed by atoms with van der Waals surface area (Å²) in [5.74, 6) is 7.35. The van der Waals surface area contributed by atoms with Gasteiger partial charge < -0.3 is 15.9 Å². The number of nitrogen functional groups attached to an aromatic ring is 1. The fourth-order valence-corrected chi connectivity index (χ4v) is 3.75. The molecule has 8 heteroatoms. The molecule has 0 radical (unpaired) electrons. The first-order chi connectivity index (χ1) is 14.6. The number of ether oxygens (including phenoxy) is 1.